The van der Waals surface area contributed by atoms with Crippen LogP contribution in [0.1, 0.15) is 25.1 Å². The Morgan fingerprint density at radius 3 is 2.50 bits per heavy atom. The van der Waals surface area contributed by atoms with Gasteiger partial charge in [0.2, 0.25) is 0 Å². The van der Waals surface area contributed by atoms with Gasteiger partial charge in [-0.05, 0) is 18.6 Å². The number of rotatable bonds is 4. The van der Waals surface area contributed by atoms with E-state index in [4.69, 9.17) is 0 Å². The van der Waals surface area contributed by atoms with E-state index in [1.54, 1.807) is 0 Å². The van der Waals surface area contributed by atoms with Crippen molar-refractivity contribution < 1.29 is 8.42 Å². The van der Waals surface area contributed by atoms with Crippen molar-refractivity contribution in [1.82, 2.24) is 10.3 Å². The van der Waals surface area contributed by atoms with E-state index >= 15 is 0 Å². The van der Waals surface area contributed by atoms with Gasteiger partial charge in [-0.2, -0.15) is 0 Å². The van der Waals surface area contributed by atoms with Crippen LogP contribution in [0.3, 0.4) is 0 Å². The quantitative estimate of drug-likeness (QED) is 0.902. The van der Waals surface area contributed by atoms with Crippen LogP contribution in [-0.2, 0) is 16.4 Å². The number of hydrogen-bond acceptors (Lipinski definition) is 5. The Labute approximate surface area is 121 Å². The highest BCUT2D eigenvalue weighted by Crippen LogP contribution is 2.17. The van der Waals surface area contributed by atoms with E-state index in [1.807, 2.05) is 17.9 Å². The van der Waals surface area contributed by atoms with E-state index in [1.165, 1.54) is 5.56 Å². The molecule has 0 bridgehead atoms. The largest absolute Gasteiger partial charge is 0.355 e. The third-order valence-corrected chi connectivity index (χ3v) is 5.16. The predicted octanol–water partition coefficient (Wildman–Crippen LogP) is 1.12. The van der Waals surface area contributed by atoms with Gasteiger partial charge in [-0.25, -0.2) is 13.4 Å². The van der Waals surface area contributed by atoms with Gasteiger partial charge < -0.3 is 10.2 Å². The van der Waals surface area contributed by atoms with Gasteiger partial charge >= 0.3 is 0 Å². The lowest BCUT2D eigenvalue weighted by atomic mass is 10.2. The van der Waals surface area contributed by atoms with Crippen LogP contribution in [-0.4, -0.2) is 44.0 Å². The molecule has 1 fully saturated rings. The maximum absolute atomic E-state index is 11.4. The zero-order valence-corrected chi connectivity index (χ0v) is 13.2. The molecule has 1 aliphatic heterocycles. The fourth-order valence-electron chi connectivity index (χ4n) is 2.20. The molecule has 6 heteroatoms. The maximum atomic E-state index is 11.4. The number of nitrogens with zero attached hydrogens (tertiary/aromatic N) is 2. The fourth-order valence-corrected chi connectivity index (χ4v) is 3.40. The van der Waals surface area contributed by atoms with Crippen molar-refractivity contribution >= 4 is 15.7 Å². The van der Waals surface area contributed by atoms with E-state index in [2.05, 4.69) is 30.2 Å². The van der Waals surface area contributed by atoms with Crippen LogP contribution in [0.15, 0.2) is 12.1 Å². The summed E-state index contributed by atoms with van der Waals surface area (Å²) in [6, 6.07) is 4.51. The number of pyridine rings is 1. The number of hydrogen-bond donors (Lipinski definition) is 1. The molecular weight excluding hydrogens is 274 g/mol. The summed E-state index contributed by atoms with van der Waals surface area (Å²) >= 11 is 0. The number of aryl methyl sites for hydroxylation is 1. The fraction of sp³-hybridized carbons (Fsp3) is 0.643. The summed E-state index contributed by atoms with van der Waals surface area (Å²) in [6.07, 6.45) is 0. The molecule has 20 heavy (non-hydrogen) atoms. The molecule has 1 saturated heterocycles. The molecule has 0 amide bonds. The minimum atomic E-state index is -2.84. The van der Waals surface area contributed by atoms with Crippen LogP contribution in [0.2, 0.25) is 0 Å². The highest BCUT2D eigenvalue weighted by molar-refractivity contribution is 7.91. The first-order valence-electron chi connectivity index (χ1n) is 7.03. The first-order valence-corrected chi connectivity index (χ1v) is 8.85. The number of aromatic nitrogens is 1. The minimum Gasteiger partial charge on any atom is -0.355 e. The molecule has 0 unspecified atom stereocenters. The van der Waals surface area contributed by atoms with Gasteiger partial charge in [-0.1, -0.05) is 19.9 Å². The van der Waals surface area contributed by atoms with Gasteiger partial charge in [0.05, 0.1) is 11.5 Å². The van der Waals surface area contributed by atoms with Gasteiger partial charge in [-0.3, -0.25) is 0 Å². The summed E-state index contributed by atoms with van der Waals surface area (Å²) in [5.74, 6) is 1.33. The van der Waals surface area contributed by atoms with E-state index < -0.39 is 9.84 Å². The molecule has 1 aromatic rings. The lowest BCUT2D eigenvalue weighted by Gasteiger charge is -2.28. The van der Waals surface area contributed by atoms with Gasteiger partial charge in [0, 0.05) is 31.4 Å². The Bertz CT molecular complexity index is 556. The molecule has 1 aliphatic rings. The molecule has 0 atom stereocenters. The smallest absolute Gasteiger partial charge is 0.153 e. The average molecular weight is 297 g/mol. The van der Waals surface area contributed by atoms with Crippen molar-refractivity contribution in [3.05, 3.63) is 23.4 Å². The zero-order chi connectivity index (χ0) is 14.8. The standard InChI is InChI=1S/C14H23N3O2S/c1-11(2)15-10-13-4-5-14(16-12(13)3)17-6-8-20(18,19)9-7-17/h4-5,11,15H,6-10H2,1-3H3. The Balaban J connectivity index is 2.05. The Morgan fingerprint density at radius 2 is 1.95 bits per heavy atom. The predicted molar refractivity (Wildman–Crippen MR) is 81.8 cm³/mol. The van der Waals surface area contributed by atoms with Gasteiger partial charge in [0.25, 0.3) is 0 Å². The average Bonchev–Trinajstić information content (AvgIpc) is 2.37. The molecule has 112 valence electrons. The van der Waals surface area contributed by atoms with Crippen LogP contribution in [0.4, 0.5) is 5.82 Å². The topological polar surface area (TPSA) is 62.3 Å². The second-order valence-electron chi connectivity index (χ2n) is 5.59. The summed E-state index contributed by atoms with van der Waals surface area (Å²) in [7, 11) is -2.84. The minimum absolute atomic E-state index is 0.227. The molecule has 5 nitrogen and oxygen atoms in total. The lowest BCUT2D eigenvalue weighted by Crippen LogP contribution is -2.40. The van der Waals surface area contributed by atoms with Crippen LogP contribution in [0, 0.1) is 6.92 Å². The van der Waals surface area contributed by atoms with E-state index in [0.29, 0.717) is 19.1 Å². The molecule has 0 spiro atoms. The van der Waals surface area contributed by atoms with Crippen LogP contribution in [0.25, 0.3) is 0 Å². The second kappa shape index (κ2) is 6.10. The molecule has 0 aliphatic carbocycles. The summed E-state index contributed by atoms with van der Waals surface area (Å²) < 4.78 is 22.9. The summed E-state index contributed by atoms with van der Waals surface area (Å²) in [4.78, 5) is 6.66. The van der Waals surface area contributed by atoms with E-state index in [0.717, 1.165) is 18.1 Å². The van der Waals surface area contributed by atoms with Crippen molar-refractivity contribution in [1.29, 1.82) is 0 Å². The maximum Gasteiger partial charge on any atom is 0.153 e. The Morgan fingerprint density at radius 1 is 1.30 bits per heavy atom. The first kappa shape index (κ1) is 15.3. The third-order valence-electron chi connectivity index (χ3n) is 3.55. The van der Waals surface area contributed by atoms with Crippen molar-refractivity contribution in [2.24, 2.45) is 0 Å². The van der Waals surface area contributed by atoms with Crippen molar-refractivity contribution in [3.8, 4) is 0 Å². The summed E-state index contributed by atoms with van der Waals surface area (Å²) in [6.45, 7) is 8.13. The molecule has 0 radical (unpaired) electrons. The van der Waals surface area contributed by atoms with E-state index in [-0.39, 0.29) is 11.5 Å². The number of anilines is 1. The molecule has 2 rings (SSSR count). The molecule has 2 heterocycles. The van der Waals surface area contributed by atoms with Crippen LogP contribution < -0.4 is 10.2 Å². The number of nitrogens with one attached hydrogen (secondary N) is 1. The summed E-state index contributed by atoms with van der Waals surface area (Å²) in [5.41, 5.74) is 2.19. The normalized spacial score (nSPS) is 18.5. The van der Waals surface area contributed by atoms with Crippen molar-refractivity contribution in [3.63, 3.8) is 0 Å². The molecule has 1 N–H and O–H groups in total. The first-order chi connectivity index (χ1) is 9.37. The highest BCUT2D eigenvalue weighted by atomic mass is 32.2. The monoisotopic (exact) mass is 297 g/mol. The third kappa shape index (κ3) is 3.93. The van der Waals surface area contributed by atoms with Crippen molar-refractivity contribution in [2.75, 3.05) is 29.5 Å². The molecule has 0 saturated carbocycles. The van der Waals surface area contributed by atoms with E-state index in [9.17, 15) is 8.42 Å². The van der Waals surface area contributed by atoms with Crippen LogP contribution in [0.5, 0.6) is 0 Å². The van der Waals surface area contributed by atoms with Gasteiger partial charge in [0.15, 0.2) is 9.84 Å². The van der Waals surface area contributed by atoms with Gasteiger partial charge in [-0.15, -0.1) is 0 Å². The molecule has 0 aromatic carbocycles. The zero-order valence-electron chi connectivity index (χ0n) is 12.4. The molecule has 1 aromatic heterocycles. The Kier molecular flexibility index (Phi) is 4.65. The summed E-state index contributed by atoms with van der Waals surface area (Å²) in [5, 5.41) is 3.38. The van der Waals surface area contributed by atoms with Crippen LogP contribution >= 0.6 is 0 Å². The highest BCUT2D eigenvalue weighted by Gasteiger charge is 2.22. The van der Waals surface area contributed by atoms with Crippen molar-refractivity contribution in [2.45, 2.75) is 33.4 Å². The number of sulfone groups is 1. The molecular formula is C14H23N3O2S. The second-order valence-corrected chi connectivity index (χ2v) is 7.89. The Hall–Kier alpha value is -1.14. The SMILES string of the molecule is Cc1nc(N2CCS(=O)(=O)CC2)ccc1CNC(C)C. The lowest BCUT2D eigenvalue weighted by molar-refractivity contribution is 0.584. The van der Waals surface area contributed by atoms with Gasteiger partial charge in [0.1, 0.15) is 5.82 Å².